The number of aromatic nitrogens is 1. The Hall–Kier alpha value is -1.63. The molecule has 1 nitrogen and oxygen atoms in total. The Morgan fingerprint density at radius 2 is 1.67 bits per heavy atom. The van der Waals surface area contributed by atoms with E-state index in [1.54, 1.807) is 0 Å². The van der Waals surface area contributed by atoms with Crippen LogP contribution in [0.3, 0.4) is 0 Å². The van der Waals surface area contributed by atoms with Crippen LogP contribution < -0.4 is 0 Å². The Morgan fingerprint density at radius 3 is 2.17 bits per heavy atom. The van der Waals surface area contributed by atoms with Gasteiger partial charge in [0.2, 0.25) is 0 Å². The van der Waals surface area contributed by atoms with E-state index >= 15 is 0 Å². The normalized spacial score (nSPS) is 11.6. The van der Waals surface area contributed by atoms with E-state index in [0.29, 0.717) is 0 Å². The maximum Gasteiger partial charge on any atom is 0.0704 e. The maximum atomic E-state index is 4.61. The highest BCUT2D eigenvalue weighted by Crippen LogP contribution is 2.26. The molecule has 2 aromatic rings. The summed E-state index contributed by atoms with van der Waals surface area (Å²) in [5, 5.41) is 0. The molecule has 0 spiro atoms. The third-order valence-corrected chi connectivity index (χ3v) is 3.29. The van der Waals surface area contributed by atoms with Gasteiger partial charge in [0, 0.05) is 11.8 Å². The second kappa shape index (κ2) is 4.56. The summed E-state index contributed by atoms with van der Waals surface area (Å²) in [7, 11) is 0. The van der Waals surface area contributed by atoms with Gasteiger partial charge in [-0.25, -0.2) is 0 Å². The fourth-order valence-electron chi connectivity index (χ4n) is 2.10. The number of rotatable bonds is 1. The quantitative estimate of drug-likeness (QED) is 0.705. The molecule has 0 aliphatic heterocycles. The van der Waals surface area contributed by atoms with E-state index < -0.39 is 0 Å². The molecule has 0 N–H and O–H groups in total. The molecule has 1 heterocycles. The van der Waals surface area contributed by atoms with Crippen LogP contribution in [-0.2, 0) is 5.41 Å². The number of hydrogen-bond acceptors (Lipinski definition) is 1. The zero-order valence-electron chi connectivity index (χ0n) is 11.9. The first-order valence-corrected chi connectivity index (χ1v) is 6.42. The van der Waals surface area contributed by atoms with Gasteiger partial charge >= 0.3 is 0 Å². The molecule has 1 aromatic heterocycles. The van der Waals surface area contributed by atoms with Crippen molar-refractivity contribution in [3.63, 3.8) is 0 Å². The fourth-order valence-corrected chi connectivity index (χ4v) is 2.10. The monoisotopic (exact) mass is 239 g/mol. The summed E-state index contributed by atoms with van der Waals surface area (Å²) < 4.78 is 0. The van der Waals surface area contributed by atoms with Crippen molar-refractivity contribution >= 4 is 0 Å². The third kappa shape index (κ3) is 2.61. The Bertz CT molecular complexity index is 545. The smallest absolute Gasteiger partial charge is 0.0704 e. The molecule has 0 aliphatic carbocycles. The lowest BCUT2D eigenvalue weighted by atomic mass is 9.88. The Morgan fingerprint density at radius 1 is 0.944 bits per heavy atom. The molecule has 0 radical (unpaired) electrons. The van der Waals surface area contributed by atoms with E-state index in [1.165, 1.54) is 22.3 Å². The van der Waals surface area contributed by atoms with E-state index in [-0.39, 0.29) is 5.41 Å². The summed E-state index contributed by atoms with van der Waals surface area (Å²) in [5.41, 5.74) is 6.29. The SMILES string of the molecule is Cc1ccc(-c2ccc(C(C)(C)C)cn2)c(C)c1. The van der Waals surface area contributed by atoms with Gasteiger partial charge in [0.1, 0.15) is 0 Å². The van der Waals surface area contributed by atoms with Crippen molar-refractivity contribution in [3.8, 4) is 11.3 Å². The van der Waals surface area contributed by atoms with Gasteiger partial charge in [-0.05, 0) is 36.5 Å². The third-order valence-electron chi connectivity index (χ3n) is 3.29. The van der Waals surface area contributed by atoms with Gasteiger partial charge < -0.3 is 0 Å². The summed E-state index contributed by atoms with van der Waals surface area (Å²) in [6.07, 6.45) is 1.99. The summed E-state index contributed by atoms with van der Waals surface area (Å²) in [5.74, 6) is 0. The lowest BCUT2D eigenvalue weighted by Gasteiger charge is -2.18. The van der Waals surface area contributed by atoms with Crippen LogP contribution >= 0.6 is 0 Å². The first-order valence-electron chi connectivity index (χ1n) is 6.42. The minimum Gasteiger partial charge on any atom is -0.256 e. The summed E-state index contributed by atoms with van der Waals surface area (Å²) in [6, 6.07) is 10.8. The fraction of sp³-hybridized carbons (Fsp3) is 0.353. The van der Waals surface area contributed by atoms with Crippen molar-refractivity contribution in [2.24, 2.45) is 0 Å². The van der Waals surface area contributed by atoms with Crippen molar-refractivity contribution in [1.82, 2.24) is 4.98 Å². The summed E-state index contributed by atoms with van der Waals surface area (Å²) in [6.45, 7) is 10.9. The van der Waals surface area contributed by atoms with Crippen LogP contribution in [0, 0.1) is 13.8 Å². The Balaban J connectivity index is 2.41. The van der Waals surface area contributed by atoms with Crippen LogP contribution in [-0.4, -0.2) is 4.98 Å². The first kappa shape index (κ1) is 12.8. The second-order valence-corrected chi connectivity index (χ2v) is 6.00. The average Bonchev–Trinajstić information content (AvgIpc) is 2.28. The van der Waals surface area contributed by atoms with Crippen molar-refractivity contribution in [2.75, 3.05) is 0 Å². The van der Waals surface area contributed by atoms with E-state index in [9.17, 15) is 0 Å². The molecule has 0 bridgehead atoms. The van der Waals surface area contributed by atoms with E-state index in [0.717, 1.165) is 5.69 Å². The molecule has 94 valence electrons. The molecule has 0 unspecified atom stereocenters. The molecule has 0 saturated carbocycles. The number of benzene rings is 1. The number of hydrogen-bond donors (Lipinski definition) is 0. The zero-order valence-corrected chi connectivity index (χ0v) is 11.9. The molecule has 0 aliphatic rings. The molecule has 0 fully saturated rings. The van der Waals surface area contributed by atoms with Crippen LogP contribution in [0.1, 0.15) is 37.5 Å². The molecule has 1 aromatic carbocycles. The van der Waals surface area contributed by atoms with Gasteiger partial charge in [-0.1, -0.05) is 50.6 Å². The highest BCUT2D eigenvalue weighted by Gasteiger charge is 2.14. The van der Waals surface area contributed by atoms with Crippen molar-refractivity contribution in [1.29, 1.82) is 0 Å². The highest BCUT2D eigenvalue weighted by atomic mass is 14.7. The van der Waals surface area contributed by atoms with Gasteiger partial charge in [0.05, 0.1) is 5.69 Å². The molecule has 18 heavy (non-hydrogen) atoms. The van der Waals surface area contributed by atoms with Gasteiger partial charge in [0.25, 0.3) is 0 Å². The van der Waals surface area contributed by atoms with Crippen LogP contribution in [0.5, 0.6) is 0 Å². The second-order valence-electron chi connectivity index (χ2n) is 6.00. The van der Waals surface area contributed by atoms with Gasteiger partial charge in [0.15, 0.2) is 0 Å². The molecular weight excluding hydrogens is 218 g/mol. The Kier molecular flexibility index (Phi) is 3.25. The standard InChI is InChI=1S/C17H21N/c1-12-6-8-15(13(2)10-12)16-9-7-14(11-18-16)17(3,4)5/h6-11H,1-5H3. The minimum absolute atomic E-state index is 0.161. The predicted octanol–water partition coefficient (Wildman–Crippen LogP) is 4.66. The van der Waals surface area contributed by atoms with Crippen LogP contribution in [0.4, 0.5) is 0 Å². The van der Waals surface area contributed by atoms with E-state index in [2.05, 4.69) is 69.9 Å². The van der Waals surface area contributed by atoms with Gasteiger partial charge in [-0.3, -0.25) is 4.98 Å². The maximum absolute atomic E-state index is 4.61. The van der Waals surface area contributed by atoms with Gasteiger partial charge in [-0.2, -0.15) is 0 Å². The highest BCUT2D eigenvalue weighted by molar-refractivity contribution is 5.64. The first-order chi connectivity index (χ1) is 8.38. The molecule has 0 saturated heterocycles. The zero-order chi connectivity index (χ0) is 13.3. The molecule has 1 heteroatoms. The number of nitrogens with zero attached hydrogens (tertiary/aromatic N) is 1. The Labute approximate surface area is 110 Å². The topological polar surface area (TPSA) is 12.9 Å². The molecule has 2 rings (SSSR count). The van der Waals surface area contributed by atoms with Crippen molar-refractivity contribution in [3.05, 3.63) is 53.2 Å². The minimum atomic E-state index is 0.161. The average molecular weight is 239 g/mol. The van der Waals surface area contributed by atoms with Crippen molar-refractivity contribution < 1.29 is 0 Å². The molecule has 0 atom stereocenters. The van der Waals surface area contributed by atoms with Gasteiger partial charge in [-0.15, -0.1) is 0 Å². The van der Waals surface area contributed by atoms with Crippen LogP contribution in [0.25, 0.3) is 11.3 Å². The van der Waals surface area contributed by atoms with E-state index in [4.69, 9.17) is 0 Å². The summed E-state index contributed by atoms with van der Waals surface area (Å²) >= 11 is 0. The number of aryl methyl sites for hydroxylation is 2. The van der Waals surface area contributed by atoms with Crippen molar-refractivity contribution in [2.45, 2.75) is 40.0 Å². The largest absolute Gasteiger partial charge is 0.256 e. The number of pyridine rings is 1. The lowest BCUT2D eigenvalue weighted by molar-refractivity contribution is 0.587. The van der Waals surface area contributed by atoms with Crippen LogP contribution in [0.2, 0.25) is 0 Å². The molecule has 0 amide bonds. The van der Waals surface area contributed by atoms with Crippen LogP contribution in [0.15, 0.2) is 36.5 Å². The predicted molar refractivity (Wildman–Crippen MR) is 77.8 cm³/mol. The lowest BCUT2D eigenvalue weighted by Crippen LogP contribution is -2.11. The molecular formula is C17H21N. The summed E-state index contributed by atoms with van der Waals surface area (Å²) in [4.78, 5) is 4.61. The van der Waals surface area contributed by atoms with E-state index in [1.807, 2.05) is 6.20 Å².